The lowest BCUT2D eigenvalue weighted by Gasteiger charge is -2.27. The molecule has 1 aromatic rings. The van der Waals surface area contributed by atoms with Crippen molar-refractivity contribution in [1.82, 2.24) is 5.01 Å². The zero-order valence-corrected chi connectivity index (χ0v) is 10.5. The van der Waals surface area contributed by atoms with Gasteiger partial charge in [-0.25, -0.2) is 5.01 Å². The second-order valence-corrected chi connectivity index (χ2v) is 4.37. The van der Waals surface area contributed by atoms with Crippen molar-refractivity contribution in [2.24, 2.45) is 0 Å². The highest BCUT2D eigenvalue weighted by Gasteiger charge is 2.21. The number of hydrogen-bond acceptors (Lipinski definition) is 5. The predicted molar refractivity (Wildman–Crippen MR) is 71.7 cm³/mol. The van der Waals surface area contributed by atoms with Crippen LogP contribution < -0.4 is 10.7 Å². The number of anilines is 2. The molecule has 0 saturated carbocycles. The fraction of sp³-hybridized carbons (Fsp3) is 0.500. The number of piperidine rings is 1. The van der Waals surface area contributed by atoms with Gasteiger partial charge in [0.15, 0.2) is 0 Å². The summed E-state index contributed by atoms with van der Waals surface area (Å²) < 4.78 is 0. The third-order valence-electron chi connectivity index (χ3n) is 3.12. The van der Waals surface area contributed by atoms with Gasteiger partial charge in [0.05, 0.1) is 4.92 Å². The summed E-state index contributed by atoms with van der Waals surface area (Å²) in [5.41, 5.74) is 4.34. The molecule has 6 nitrogen and oxygen atoms in total. The molecule has 1 heterocycles. The Bertz CT molecular complexity index is 430. The largest absolute Gasteiger partial charge is 0.382 e. The second kappa shape index (κ2) is 5.68. The smallest absolute Gasteiger partial charge is 0.316 e. The zero-order valence-electron chi connectivity index (χ0n) is 10.5. The van der Waals surface area contributed by atoms with Crippen molar-refractivity contribution in [3.8, 4) is 0 Å². The molecule has 1 aliphatic heterocycles. The van der Waals surface area contributed by atoms with Gasteiger partial charge in [-0.05, 0) is 25.0 Å². The number of hydrogen-bond donors (Lipinski definition) is 2. The first kappa shape index (κ1) is 12.6. The quantitative estimate of drug-likeness (QED) is 0.634. The van der Waals surface area contributed by atoms with E-state index >= 15 is 0 Å². The molecule has 1 aliphatic rings. The van der Waals surface area contributed by atoms with E-state index in [-0.39, 0.29) is 10.6 Å². The van der Waals surface area contributed by atoms with Crippen LogP contribution in [0.15, 0.2) is 18.2 Å². The molecule has 98 valence electrons. The van der Waals surface area contributed by atoms with Crippen LogP contribution in [-0.2, 0) is 0 Å². The first-order valence-electron chi connectivity index (χ1n) is 6.19. The molecular formula is C12H18N4O2. The lowest BCUT2D eigenvalue weighted by atomic mass is 10.1. The van der Waals surface area contributed by atoms with Crippen molar-refractivity contribution in [2.45, 2.75) is 19.3 Å². The maximum atomic E-state index is 11.2. The molecule has 6 heteroatoms. The van der Waals surface area contributed by atoms with Crippen molar-refractivity contribution in [3.63, 3.8) is 0 Å². The minimum atomic E-state index is -0.349. The summed E-state index contributed by atoms with van der Waals surface area (Å²) >= 11 is 0. The maximum absolute atomic E-state index is 11.2. The third-order valence-corrected chi connectivity index (χ3v) is 3.12. The second-order valence-electron chi connectivity index (χ2n) is 4.37. The number of rotatable bonds is 4. The van der Waals surface area contributed by atoms with Gasteiger partial charge in [-0.2, -0.15) is 0 Å². The van der Waals surface area contributed by atoms with Gasteiger partial charge in [-0.3, -0.25) is 10.1 Å². The summed E-state index contributed by atoms with van der Waals surface area (Å²) in [4.78, 5) is 10.8. The van der Waals surface area contributed by atoms with Crippen molar-refractivity contribution >= 4 is 17.1 Å². The van der Waals surface area contributed by atoms with Crippen LogP contribution in [0, 0.1) is 10.1 Å². The van der Waals surface area contributed by atoms with Gasteiger partial charge in [-0.1, -0.05) is 12.5 Å². The number of para-hydroxylation sites is 1. The Labute approximate surface area is 106 Å². The molecule has 0 aromatic heterocycles. The molecule has 0 amide bonds. The molecule has 18 heavy (non-hydrogen) atoms. The lowest BCUT2D eigenvalue weighted by molar-refractivity contribution is -0.383. The molecule has 2 rings (SSSR count). The van der Waals surface area contributed by atoms with Crippen molar-refractivity contribution in [2.75, 3.05) is 30.9 Å². The minimum Gasteiger partial charge on any atom is -0.382 e. The van der Waals surface area contributed by atoms with Crippen LogP contribution in [0.3, 0.4) is 0 Å². The molecule has 0 aliphatic carbocycles. The summed E-state index contributed by atoms with van der Waals surface area (Å²) in [6.07, 6.45) is 3.50. The van der Waals surface area contributed by atoms with Crippen LogP contribution in [0.5, 0.6) is 0 Å². The number of nitro groups is 1. The van der Waals surface area contributed by atoms with Crippen LogP contribution >= 0.6 is 0 Å². The first-order valence-corrected chi connectivity index (χ1v) is 6.19. The molecule has 0 unspecified atom stereocenters. The monoisotopic (exact) mass is 250 g/mol. The van der Waals surface area contributed by atoms with E-state index in [9.17, 15) is 10.1 Å². The summed E-state index contributed by atoms with van der Waals surface area (Å²) in [6, 6.07) is 5.26. The van der Waals surface area contributed by atoms with Gasteiger partial charge >= 0.3 is 5.69 Å². The summed E-state index contributed by atoms with van der Waals surface area (Å²) in [5.74, 6) is 0. The Kier molecular flexibility index (Phi) is 3.99. The number of nitro benzene ring substituents is 1. The van der Waals surface area contributed by atoms with E-state index in [0.717, 1.165) is 25.9 Å². The molecule has 0 atom stereocenters. The van der Waals surface area contributed by atoms with E-state index in [1.807, 2.05) is 11.1 Å². The van der Waals surface area contributed by atoms with Crippen LogP contribution in [0.4, 0.5) is 17.1 Å². The fourth-order valence-corrected chi connectivity index (χ4v) is 2.21. The topological polar surface area (TPSA) is 70.4 Å². The summed E-state index contributed by atoms with van der Waals surface area (Å²) in [5, 5.41) is 16.1. The maximum Gasteiger partial charge on any atom is 0.316 e. The Morgan fingerprint density at radius 2 is 1.89 bits per heavy atom. The zero-order chi connectivity index (χ0) is 13.0. The van der Waals surface area contributed by atoms with E-state index in [2.05, 4.69) is 10.7 Å². The highest BCUT2D eigenvalue weighted by molar-refractivity contribution is 5.75. The van der Waals surface area contributed by atoms with E-state index < -0.39 is 0 Å². The molecule has 1 fully saturated rings. The van der Waals surface area contributed by atoms with E-state index in [4.69, 9.17) is 0 Å². The highest BCUT2D eigenvalue weighted by atomic mass is 16.6. The van der Waals surface area contributed by atoms with Gasteiger partial charge in [0.25, 0.3) is 0 Å². The van der Waals surface area contributed by atoms with Gasteiger partial charge in [-0.15, -0.1) is 0 Å². The Balaban J connectivity index is 2.23. The van der Waals surface area contributed by atoms with Gasteiger partial charge in [0.2, 0.25) is 0 Å². The van der Waals surface area contributed by atoms with E-state index in [1.54, 1.807) is 19.2 Å². The van der Waals surface area contributed by atoms with E-state index in [1.165, 1.54) is 6.42 Å². The Morgan fingerprint density at radius 1 is 1.22 bits per heavy atom. The Morgan fingerprint density at radius 3 is 2.50 bits per heavy atom. The van der Waals surface area contributed by atoms with Gasteiger partial charge in [0.1, 0.15) is 11.4 Å². The molecule has 0 spiro atoms. The molecule has 0 radical (unpaired) electrons. The summed E-state index contributed by atoms with van der Waals surface area (Å²) in [6.45, 7) is 1.86. The number of nitrogens with one attached hydrogen (secondary N) is 2. The Hall–Kier alpha value is -1.82. The van der Waals surface area contributed by atoms with Crippen LogP contribution in [0.2, 0.25) is 0 Å². The average Bonchev–Trinajstić information content (AvgIpc) is 2.39. The van der Waals surface area contributed by atoms with Crippen LogP contribution in [-0.4, -0.2) is 30.1 Å². The third kappa shape index (κ3) is 2.70. The number of nitrogens with zero attached hydrogens (tertiary/aromatic N) is 2. The molecular weight excluding hydrogens is 232 g/mol. The molecule has 1 aromatic carbocycles. The minimum absolute atomic E-state index is 0.102. The van der Waals surface area contributed by atoms with Crippen molar-refractivity contribution in [3.05, 3.63) is 28.3 Å². The number of hydrazine groups is 1. The van der Waals surface area contributed by atoms with Crippen molar-refractivity contribution < 1.29 is 4.92 Å². The van der Waals surface area contributed by atoms with Gasteiger partial charge in [0, 0.05) is 20.1 Å². The number of benzene rings is 1. The van der Waals surface area contributed by atoms with Crippen molar-refractivity contribution in [1.29, 1.82) is 0 Å². The fourth-order valence-electron chi connectivity index (χ4n) is 2.21. The standard InChI is InChI=1S/C12H18N4O2/c1-13-10-6-5-7-11(12(10)16(17)18)14-15-8-3-2-4-9-15/h5-7,13-14H,2-4,8-9H2,1H3. The predicted octanol–water partition coefficient (Wildman–Crippen LogP) is 2.45. The highest BCUT2D eigenvalue weighted by Crippen LogP contribution is 2.33. The van der Waals surface area contributed by atoms with Crippen LogP contribution in [0.25, 0.3) is 0 Å². The summed E-state index contributed by atoms with van der Waals surface area (Å²) in [7, 11) is 1.69. The average molecular weight is 250 g/mol. The van der Waals surface area contributed by atoms with Crippen LogP contribution in [0.1, 0.15) is 19.3 Å². The lowest BCUT2D eigenvalue weighted by Crippen LogP contribution is -2.35. The molecule has 1 saturated heterocycles. The first-order chi connectivity index (χ1) is 8.72. The SMILES string of the molecule is CNc1cccc(NN2CCCCC2)c1[N+](=O)[O-]. The normalized spacial score (nSPS) is 16.3. The van der Waals surface area contributed by atoms with Gasteiger partial charge < -0.3 is 10.7 Å². The van der Waals surface area contributed by atoms with E-state index in [0.29, 0.717) is 11.4 Å². The molecule has 0 bridgehead atoms. The molecule has 2 N–H and O–H groups in total.